The lowest BCUT2D eigenvalue weighted by atomic mass is 9.80. The number of ether oxygens (including phenoxy) is 2. The van der Waals surface area contributed by atoms with E-state index < -0.39 is 83.4 Å². The van der Waals surface area contributed by atoms with Crippen molar-refractivity contribution >= 4 is 88.0 Å². The summed E-state index contributed by atoms with van der Waals surface area (Å²) in [7, 11) is 3.67. The molecule has 2 aliphatic rings. The van der Waals surface area contributed by atoms with Crippen molar-refractivity contribution in [1.29, 1.82) is 0 Å². The molecule has 3 aromatic rings. The Morgan fingerprint density at radius 2 is 1.47 bits per heavy atom. The summed E-state index contributed by atoms with van der Waals surface area (Å²) in [6, 6.07) is 10.7. The van der Waals surface area contributed by atoms with Crippen LogP contribution in [0.1, 0.15) is 184 Å². The van der Waals surface area contributed by atoms with Gasteiger partial charge in [0.05, 0.1) is 17.5 Å². The number of likely N-dealkylation sites (tertiary alicyclic amines) is 1. The van der Waals surface area contributed by atoms with Crippen LogP contribution in [0.15, 0.2) is 66.1 Å². The minimum atomic E-state index is -1.05. The number of anilines is 1. The molecule has 1 aromatic heterocycles. The molecule has 2 aliphatic heterocycles. The van der Waals surface area contributed by atoms with Crippen molar-refractivity contribution in [2.75, 3.05) is 39.0 Å². The van der Waals surface area contributed by atoms with Crippen LogP contribution in [-0.2, 0) is 72.1 Å². The standard InChI is InChI=1S/C70H99N9O15S/c1-12-44(6)54(38-60(83)70(9)30-17-32-77(70)10)66(88)78(11)57(43(4)5)39-59(94-46(8)80)65-76-56(41-95-65)64(87)73-51(34-45(7)67(89)90)35-47-24-26-50(27-25-47)74-69(92)93-40-49-22-20-48(21-23-49)36-58(82)55(19-16-31-72-68(71)91)75-63(86)53(42(2)3)37-52(81)18-14-13-15-33-79-61(84)28-29-62(79)85/h20-29,41-45,51,53-55,57,59H,12-19,30-40H2,1-11H3,(H,73,87)(H,74,92)(H,75,86)(H,89,90)(H3,71,72,91)/t44-,45-,51+,53-,54-,55-,57+,59+,70+/m0/s1. The smallest absolute Gasteiger partial charge is 0.411 e. The number of aromatic nitrogens is 1. The number of likely N-dealkylation sites (N-methyl/N-ethyl adjacent to an activating group) is 1. The van der Waals surface area contributed by atoms with E-state index >= 15 is 0 Å². The molecule has 9 atom stereocenters. The zero-order valence-electron chi connectivity index (χ0n) is 57.0. The Labute approximate surface area is 562 Å². The van der Waals surface area contributed by atoms with Gasteiger partial charge in [0.15, 0.2) is 17.7 Å². The summed E-state index contributed by atoms with van der Waals surface area (Å²) in [6.07, 6.45) is 5.95. The van der Waals surface area contributed by atoms with Crippen molar-refractivity contribution in [3.63, 3.8) is 0 Å². The molecule has 1 fully saturated rings. The number of nitrogens with two attached hydrogens (primary N) is 1. The molecule has 520 valence electrons. The second-order valence-corrected chi connectivity index (χ2v) is 27.2. The van der Waals surface area contributed by atoms with E-state index in [2.05, 4.69) is 31.2 Å². The number of Topliss-reactive ketones (excluding diaryl/α,β-unsaturated/α-hetero) is 3. The van der Waals surface area contributed by atoms with Gasteiger partial charge >= 0.3 is 24.1 Å². The van der Waals surface area contributed by atoms with Gasteiger partial charge in [0.25, 0.3) is 17.7 Å². The van der Waals surface area contributed by atoms with Crippen LogP contribution in [0.4, 0.5) is 15.3 Å². The van der Waals surface area contributed by atoms with E-state index in [1.54, 1.807) is 67.4 Å². The van der Waals surface area contributed by atoms with Crippen molar-refractivity contribution in [2.24, 2.45) is 41.2 Å². The summed E-state index contributed by atoms with van der Waals surface area (Å²) >= 11 is 1.12. The predicted octanol–water partition coefficient (Wildman–Crippen LogP) is 8.69. The highest BCUT2D eigenvalue weighted by Crippen LogP contribution is 2.36. The maximum Gasteiger partial charge on any atom is 0.411 e. The van der Waals surface area contributed by atoms with Crippen LogP contribution in [0.25, 0.3) is 0 Å². The number of ketones is 3. The van der Waals surface area contributed by atoms with Crippen LogP contribution < -0.4 is 27.0 Å². The summed E-state index contributed by atoms with van der Waals surface area (Å²) in [6.45, 7) is 17.5. The number of nitrogens with zero attached hydrogens (tertiary/aromatic N) is 4. The molecule has 5 rings (SSSR count). The zero-order chi connectivity index (χ0) is 70.3. The summed E-state index contributed by atoms with van der Waals surface area (Å²) in [5, 5.41) is 22.8. The van der Waals surface area contributed by atoms with E-state index in [1.807, 2.05) is 55.5 Å². The molecule has 95 heavy (non-hydrogen) atoms. The Bertz CT molecular complexity index is 3190. The third kappa shape index (κ3) is 23.9. The van der Waals surface area contributed by atoms with E-state index in [0.29, 0.717) is 59.5 Å². The van der Waals surface area contributed by atoms with Gasteiger partial charge < -0.3 is 41.2 Å². The van der Waals surface area contributed by atoms with Crippen LogP contribution in [0, 0.1) is 35.5 Å². The number of benzene rings is 2. The first kappa shape index (κ1) is 77.5. The highest BCUT2D eigenvalue weighted by atomic mass is 32.1. The monoisotopic (exact) mass is 1340 g/mol. The number of amides is 8. The predicted molar refractivity (Wildman–Crippen MR) is 358 cm³/mol. The largest absolute Gasteiger partial charge is 0.481 e. The third-order valence-corrected chi connectivity index (χ3v) is 19.3. The number of urea groups is 1. The molecule has 0 radical (unpaired) electrons. The number of carbonyl (C=O) groups excluding carboxylic acids is 11. The van der Waals surface area contributed by atoms with Gasteiger partial charge in [-0.15, -0.1) is 11.3 Å². The van der Waals surface area contributed by atoms with Gasteiger partial charge in [0.1, 0.15) is 23.1 Å². The van der Waals surface area contributed by atoms with Gasteiger partial charge in [-0.3, -0.25) is 63.1 Å². The Morgan fingerprint density at radius 3 is 2.06 bits per heavy atom. The zero-order valence-corrected chi connectivity index (χ0v) is 57.8. The van der Waals surface area contributed by atoms with E-state index in [9.17, 15) is 62.6 Å². The van der Waals surface area contributed by atoms with Gasteiger partial charge in [-0.25, -0.2) is 14.6 Å². The molecule has 0 aliphatic carbocycles. The fraction of sp³-hybridized carbons (Fsp3) is 0.586. The van der Waals surface area contributed by atoms with E-state index in [-0.39, 0.29) is 130 Å². The summed E-state index contributed by atoms with van der Waals surface area (Å²) in [5.74, 6) is -6.45. The SMILES string of the molecule is CC[C@H](C)[C@H](CC(=O)[C@@]1(C)CCCN1C)C(=O)N(C)[C@H](C[C@@H](OC(C)=O)c1nc(C(=O)N[C@@H](Cc2ccc(NC(=O)OCc3ccc(CC(=O)[C@H](CCCNC(N)=O)NC(=O)[C@@H](CC(=O)CCCCCN4C(=O)C=CC4=O)C(C)C)cc3)cc2)C[C@H](C)C(=O)O)cs1)C(C)C. The highest BCUT2D eigenvalue weighted by molar-refractivity contribution is 7.09. The lowest BCUT2D eigenvalue weighted by Gasteiger charge is -2.38. The number of carboxylic acids is 1. The molecule has 3 heterocycles. The number of rotatable bonds is 40. The van der Waals surface area contributed by atoms with Gasteiger partial charge in [0, 0.05) is 106 Å². The molecule has 8 amide bonds. The van der Waals surface area contributed by atoms with Crippen molar-refractivity contribution in [2.45, 2.75) is 195 Å². The number of imide groups is 1. The first-order valence-corrected chi connectivity index (χ1v) is 34.0. The quantitative estimate of drug-likeness (QED) is 0.0176. The summed E-state index contributed by atoms with van der Waals surface area (Å²) in [5.41, 5.74) is 6.97. The van der Waals surface area contributed by atoms with Crippen LogP contribution >= 0.6 is 11.3 Å². The van der Waals surface area contributed by atoms with Gasteiger partial charge in [0.2, 0.25) is 11.8 Å². The normalized spacial score (nSPS) is 17.3. The van der Waals surface area contributed by atoms with Gasteiger partial charge in [-0.2, -0.15) is 0 Å². The number of unbranched alkanes of at least 4 members (excludes halogenated alkanes) is 2. The molecule has 2 aromatic carbocycles. The summed E-state index contributed by atoms with van der Waals surface area (Å²) in [4.78, 5) is 165. The average molecular weight is 1340 g/mol. The Morgan fingerprint density at radius 1 is 0.821 bits per heavy atom. The second kappa shape index (κ2) is 37.2. The Hall–Kier alpha value is -8.19. The van der Waals surface area contributed by atoms with Crippen molar-refractivity contribution in [3.05, 3.63) is 93.5 Å². The Balaban J connectivity index is 1.15. The van der Waals surface area contributed by atoms with Crippen molar-refractivity contribution in [3.8, 4) is 0 Å². The minimum Gasteiger partial charge on any atom is -0.481 e. The average Bonchev–Trinajstić information content (AvgIpc) is 1.76. The van der Waals surface area contributed by atoms with Crippen LogP contribution in [0.2, 0.25) is 0 Å². The number of carbonyl (C=O) groups is 12. The molecule has 0 bridgehead atoms. The Kier molecular flexibility index (Phi) is 30.4. The minimum absolute atomic E-state index is 0.0270. The molecular formula is C70H99N9O15S. The molecule has 0 unspecified atom stereocenters. The topological polar surface area (TPSA) is 340 Å². The maximum absolute atomic E-state index is 14.5. The first-order chi connectivity index (χ1) is 44.9. The number of thiazole rings is 1. The molecule has 0 saturated carbocycles. The number of hydrogen-bond donors (Lipinski definition) is 6. The van der Waals surface area contributed by atoms with Crippen LogP contribution in [0.5, 0.6) is 0 Å². The second-order valence-electron chi connectivity index (χ2n) is 26.4. The number of esters is 1. The number of nitrogens with one attached hydrogen (secondary N) is 4. The van der Waals surface area contributed by atoms with E-state index in [4.69, 9.17) is 15.2 Å². The number of hydrogen-bond acceptors (Lipinski definition) is 17. The van der Waals surface area contributed by atoms with Crippen LogP contribution in [0.3, 0.4) is 0 Å². The lowest BCUT2D eigenvalue weighted by molar-refractivity contribution is -0.150. The van der Waals surface area contributed by atoms with Crippen molar-refractivity contribution in [1.82, 2.24) is 35.6 Å². The highest BCUT2D eigenvalue weighted by Gasteiger charge is 2.44. The van der Waals surface area contributed by atoms with Crippen molar-refractivity contribution < 1.29 is 72.1 Å². The van der Waals surface area contributed by atoms with E-state index in [1.165, 1.54) is 24.5 Å². The van der Waals surface area contributed by atoms with Gasteiger partial charge in [-0.1, -0.05) is 97.7 Å². The number of primary amides is 1. The fourth-order valence-electron chi connectivity index (χ4n) is 12.0. The molecule has 0 spiro atoms. The molecule has 24 nitrogen and oxygen atoms in total. The molecular weight excluding hydrogens is 1240 g/mol. The summed E-state index contributed by atoms with van der Waals surface area (Å²) < 4.78 is 11.4. The lowest BCUT2D eigenvalue weighted by Crippen LogP contribution is -2.50. The van der Waals surface area contributed by atoms with Crippen LogP contribution in [-0.4, -0.2) is 153 Å². The number of carboxylic acid groups (broad SMARTS) is 1. The fourth-order valence-corrected chi connectivity index (χ4v) is 12.9. The molecule has 7 N–H and O–H groups in total. The van der Waals surface area contributed by atoms with E-state index in [0.717, 1.165) is 35.6 Å². The van der Waals surface area contributed by atoms with Gasteiger partial charge in [-0.05, 0) is 118 Å². The molecule has 1 saturated heterocycles. The third-order valence-electron chi connectivity index (χ3n) is 18.4. The number of aliphatic carboxylic acids is 1. The molecule has 25 heteroatoms. The maximum atomic E-state index is 14.5. The first-order valence-electron chi connectivity index (χ1n) is 33.1.